The average Bonchev–Trinajstić information content (AvgIpc) is 2.53. The third-order valence-electron chi connectivity index (χ3n) is 3.63. The molecule has 2 rings (SSSR count). The number of ketones is 1. The van der Waals surface area contributed by atoms with E-state index in [-0.39, 0.29) is 5.78 Å². The van der Waals surface area contributed by atoms with Gasteiger partial charge < -0.3 is 4.90 Å². The number of nitrogens with zero attached hydrogens (tertiary/aromatic N) is 2. The Bertz CT molecular complexity index is 630. The number of alkyl halides is 2. The smallest absolute Gasteiger partial charge is 0.184 e. The van der Waals surface area contributed by atoms with Crippen molar-refractivity contribution in [1.82, 2.24) is 0 Å². The summed E-state index contributed by atoms with van der Waals surface area (Å²) < 4.78 is 0. The van der Waals surface area contributed by atoms with Gasteiger partial charge in [-0.2, -0.15) is 0 Å². The minimum atomic E-state index is 0.0806. The van der Waals surface area contributed by atoms with Crippen LogP contribution >= 0.6 is 23.2 Å². The van der Waals surface area contributed by atoms with Crippen molar-refractivity contribution in [2.24, 2.45) is 4.99 Å². The van der Waals surface area contributed by atoms with E-state index in [4.69, 9.17) is 23.2 Å². The maximum atomic E-state index is 11.7. The number of rotatable bonds is 6. The third-order valence-corrected chi connectivity index (χ3v) is 3.97. The zero-order valence-electron chi connectivity index (χ0n) is 13.4. The molecule has 1 aliphatic carbocycles. The number of aliphatic imine (C=N–C) groups is 1. The topological polar surface area (TPSA) is 32.7 Å². The molecule has 0 aromatic heterocycles. The first kappa shape index (κ1) is 17.8. The monoisotopic (exact) mass is 350 g/mol. The Labute approximate surface area is 147 Å². The first-order valence-corrected chi connectivity index (χ1v) is 8.59. The quantitative estimate of drug-likeness (QED) is 0.558. The van der Waals surface area contributed by atoms with Gasteiger partial charge in [-0.3, -0.25) is 4.79 Å². The lowest BCUT2D eigenvalue weighted by Gasteiger charge is -2.22. The average molecular weight is 351 g/mol. The van der Waals surface area contributed by atoms with Crippen molar-refractivity contribution >= 4 is 46.1 Å². The minimum absolute atomic E-state index is 0.0806. The zero-order chi connectivity index (χ0) is 16.8. The van der Waals surface area contributed by atoms with Crippen molar-refractivity contribution in [1.29, 1.82) is 0 Å². The molecule has 5 heteroatoms. The Hall–Kier alpha value is -1.58. The highest BCUT2D eigenvalue weighted by Gasteiger charge is 2.13. The molecule has 0 radical (unpaired) electrons. The van der Waals surface area contributed by atoms with Crippen LogP contribution in [0.25, 0.3) is 0 Å². The molecule has 3 nitrogen and oxygen atoms in total. The molecule has 0 saturated heterocycles. The highest BCUT2D eigenvalue weighted by Crippen LogP contribution is 2.22. The van der Waals surface area contributed by atoms with Gasteiger partial charge >= 0.3 is 0 Å². The summed E-state index contributed by atoms with van der Waals surface area (Å²) in [5, 5.41) is 0. The second-order valence-electron chi connectivity index (χ2n) is 5.40. The van der Waals surface area contributed by atoms with Gasteiger partial charge in [0.1, 0.15) is 0 Å². The van der Waals surface area contributed by atoms with Crippen LogP contribution in [0.4, 0.5) is 11.4 Å². The van der Waals surface area contributed by atoms with Gasteiger partial charge in [-0.15, -0.1) is 23.2 Å². The molecule has 122 valence electrons. The van der Waals surface area contributed by atoms with E-state index >= 15 is 0 Å². The van der Waals surface area contributed by atoms with E-state index in [0.29, 0.717) is 11.8 Å². The number of hydrogen-bond acceptors (Lipinski definition) is 3. The number of hydrogen-bond donors (Lipinski definition) is 0. The number of carbonyl (C=O) groups excluding carboxylic acids is 1. The standard InChI is InChI=1S/C18H20Cl2N2O/c1-13-11-16(12-14(2)18(13)23)21-15-3-5-17(6-4-15)22(9-7-19)10-8-20/h3-6,11-12H,7-10H2,1-2H3. The van der Waals surface area contributed by atoms with E-state index < -0.39 is 0 Å². The summed E-state index contributed by atoms with van der Waals surface area (Å²) in [6.45, 7) is 5.14. The molecule has 0 heterocycles. The van der Waals surface area contributed by atoms with Gasteiger partial charge in [0.15, 0.2) is 5.78 Å². The molecule has 1 aromatic carbocycles. The van der Waals surface area contributed by atoms with Gasteiger partial charge in [-0.05, 0) is 61.4 Å². The summed E-state index contributed by atoms with van der Waals surface area (Å²) >= 11 is 11.7. The van der Waals surface area contributed by atoms with Crippen LogP contribution < -0.4 is 4.90 Å². The van der Waals surface area contributed by atoms with Crippen LogP contribution in [0.1, 0.15) is 13.8 Å². The van der Waals surface area contributed by atoms with Crippen molar-refractivity contribution in [2.45, 2.75) is 13.8 Å². The van der Waals surface area contributed by atoms with Crippen LogP contribution in [-0.2, 0) is 4.79 Å². The van der Waals surface area contributed by atoms with Crippen molar-refractivity contribution in [3.05, 3.63) is 47.6 Å². The maximum absolute atomic E-state index is 11.7. The molecule has 1 aliphatic rings. The second kappa shape index (κ2) is 8.32. The van der Waals surface area contributed by atoms with Gasteiger partial charge in [-0.1, -0.05) is 0 Å². The number of benzene rings is 1. The Kier molecular flexibility index (Phi) is 6.43. The van der Waals surface area contributed by atoms with Crippen LogP contribution in [-0.4, -0.2) is 36.3 Å². The van der Waals surface area contributed by atoms with Crippen molar-refractivity contribution in [3.63, 3.8) is 0 Å². The summed E-state index contributed by atoms with van der Waals surface area (Å²) in [7, 11) is 0. The molecule has 0 bridgehead atoms. The molecule has 0 fully saturated rings. The molecular weight excluding hydrogens is 331 g/mol. The normalized spacial score (nSPS) is 14.4. The van der Waals surface area contributed by atoms with Gasteiger partial charge in [0.25, 0.3) is 0 Å². The molecule has 23 heavy (non-hydrogen) atoms. The molecule has 0 N–H and O–H groups in total. The van der Waals surface area contributed by atoms with Crippen LogP contribution in [0.2, 0.25) is 0 Å². The largest absolute Gasteiger partial charge is 0.369 e. The highest BCUT2D eigenvalue weighted by atomic mass is 35.5. The van der Waals surface area contributed by atoms with Crippen LogP contribution in [0, 0.1) is 0 Å². The van der Waals surface area contributed by atoms with Gasteiger partial charge in [0.05, 0.1) is 11.4 Å². The predicted molar refractivity (Wildman–Crippen MR) is 99.7 cm³/mol. The molecule has 0 unspecified atom stereocenters. The van der Waals surface area contributed by atoms with Gasteiger partial charge in [0, 0.05) is 30.5 Å². The number of anilines is 1. The van der Waals surface area contributed by atoms with E-state index in [1.165, 1.54) is 0 Å². The Morgan fingerprint density at radius 1 is 0.957 bits per heavy atom. The third kappa shape index (κ3) is 4.69. The van der Waals surface area contributed by atoms with E-state index in [9.17, 15) is 4.79 Å². The van der Waals surface area contributed by atoms with E-state index in [0.717, 1.165) is 41.3 Å². The molecule has 1 aromatic rings. The fourth-order valence-corrected chi connectivity index (χ4v) is 2.86. The summed E-state index contributed by atoms with van der Waals surface area (Å²) in [5.41, 5.74) is 4.16. The SMILES string of the molecule is CC1=CC(=Nc2ccc(N(CCCl)CCCl)cc2)C=C(C)C1=O. The molecule has 0 amide bonds. The van der Waals surface area contributed by atoms with Gasteiger partial charge in [-0.25, -0.2) is 4.99 Å². The number of halogens is 2. The highest BCUT2D eigenvalue weighted by molar-refractivity contribution is 6.21. The second-order valence-corrected chi connectivity index (χ2v) is 6.16. The lowest BCUT2D eigenvalue weighted by atomic mass is 9.98. The molecule has 0 atom stereocenters. The summed E-state index contributed by atoms with van der Waals surface area (Å²) in [4.78, 5) is 18.5. The molecule has 0 aliphatic heterocycles. The Morgan fingerprint density at radius 2 is 1.48 bits per heavy atom. The Morgan fingerprint density at radius 3 is 1.96 bits per heavy atom. The molecule has 0 spiro atoms. The minimum Gasteiger partial charge on any atom is -0.369 e. The molecule has 0 saturated carbocycles. The number of allylic oxidation sites excluding steroid dienone is 4. The van der Waals surface area contributed by atoms with E-state index in [2.05, 4.69) is 9.89 Å². The zero-order valence-corrected chi connectivity index (χ0v) is 14.9. The first-order valence-electron chi connectivity index (χ1n) is 7.52. The lowest BCUT2D eigenvalue weighted by molar-refractivity contribution is -0.112. The van der Waals surface area contributed by atoms with Crippen molar-refractivity contribution in [2.75, 3.05) is 29.7 Å². The fraction of sp³-hybridized carbons (Fsp3) is 0.333. The fourth-order valence-electron chi connectivity index (χ4n) is 2.45. The van der Waals surface area contributed by atoms with Crippen molar-refractivity contribution < 1.29 is 4.79 Å². The maximum Gasteiger partial charge on any atom is 0.184 e. The van der Waals surface area contributed by atoms with Crippen LogP contribution in [0.3, 0.4) is 0 Å². The lowest BCUT2D eigenvalue weighted by Crippen LogP contribution is -2.27. The number of carbonyl (C=O) groups is 1. The predicted octanol–water partition coefficient (Wildman–Crippen LogP) is 4.52. The first-order chi connectivity index (χ1) is 11.0. The number of Topliss-reactive ketones (excluding diaryl/α,β-unsaturated/α-hetero) is 1. The Balaban J connectivity index is 2.20. The van der Waals surface area contributed by atoms with Crippen molar-refractivity contribution in [3.8, 4) is 0 Å². The molecular formula is C18H20Cl2N2O. The van der Waals surface area contributed by atoms with Crippen LogP contribution in [0.5, 0.6) is 0 Å². The van der Waals surface area contributed by atoms with Crippen LogP contribution in [0.15, 0.2) is 52.6 Å². The van der Waals surface area contributed by atoms with Gasteiger partial charge in [0.2, 0.25) is 0 Å². The van der Waals surface area contributed by atoms with E-state index in [1.54, 1.807) is 0 Å². The summed E-state index contributed by atoms with van der Waals surface area (Å²) in [6, 6.07) is 7.94. The summed E-state index contributed by atoms with van der Waals surface area (Å²) in [6.07, 6.45) is 3.63. The summed E-state index contributed by atoms with van der Waals surface area (Å²) in [5.74, 6) is 1.20. The van der Waals surface area contributed by atoms with E-state index in [1.807, 2.05) is 50.3 Å².